The van der Waals surface area contributed by atoms with E-state index in [2.05, 4.69) is 26.2 Å². The Morgan fingerprint density at radius 1 is 1.48 bits per heavy atom. The van der Waals surface area contributed by atoms with Crippen LogP contribution in [0.15, 0.2) is 22.7 Å². The van der Waals surface area contributed by atoms with Crippen LogP contribution >= 0.6 is 15.9 Å². The van der Waals surface area contributed by atoms with Crippen LogP contribution in [0.5, 0.6) is 0 Å². The summed E-state index contributed by atoms with van der Waals surface area (Å²) in [6.07, 6.45) is 1.47. The molecule has 3 rings (SSSR count). The molecule has 2 atom stereocenters. The number of fused-ring (bicyclic) bond motifs is 1. The van der Waals surface area contributed by atoms with Crippen molar-refractivity contribution in [2.24, 2.45) is 0 Å². The van der Waals surface area contributed by atoms with Gasteiger partial charge in [0, 0.05) is 16.9 Å². The molecule has 0 saturated carbocycles. The van der Waals surface area contributed by atoms with Gasteiger partial charge >= 0.3 is 0 Å². The van der Waals surface area contributed by atoms with E-state index in [4.69, 9.17) is 0 Å². The molecule has 1 aliphatic heterocycles. The van der Waals surface area contributed by atoms with E-state index in [9.17, 15) is 15.0 Å². The fraction of sp³-hybridized carbons (Fsp3) is 0.500. The molecule has 1 saturated heterocycles. The Balaban J connectivity index is 1.78. The second kappa shape index (κ2) is 7.09. The first-order valence-corrected chi connectivity index (χ1v) is 8.56. The fourth-order valence-corrected chi connectivity index (χ4v) is 3.43. The van der Waals surface area contributed by atoms with Gasteiger partial charge in [-0.05, 0) is 37.6 Å². The fourth-order valence-electron chi connectivity index (χ4n) is 3.08. The van der Waals surface area contributed by atoms with Gasteiger partial charge in [0.2, 0.25) is 0 Å². The Labute approximate surface area is 142 Å². The summed E-state index contributed by atoms with van der Waals surface area (Å²) in [5.74, 6) is 0.490. The number of halogens is 1. The largest absolute Gasteiger partial charge is 0.391 e. The van der Waals surface area contributed by atoms with Crippen molar-refractivity contribution >= 4 is 32.7 Å². The number of aliphatic hydroxyl groups is 2. The minimum atomic E-state index is -0.472. The Morgan fingerprint density at radius 2 is 2.30 bits per heavy atom. The van der Waals surface area contributed by atoms with Gasteiger partial charge in [-0.1, -0.05) is 15.9 Å². The number of nitrogens with zero attached hydrogens (tertiary/aromatic N) is 2. The summed E-state index contributed by atoms with van der Waals surface area (Å²) in [7, 11) is 0. The van der Waals surface area contributed by atoms with Crippen molar-refractivity contribution in [3.8, 4) is 0 Å². The molecule has 1 aliphatic rings. The molecule has 6 nitrogen and oxygen atoms in total. The second-order valence-electron chi connectivity index (χ2n) is 5.92. The minimum absolute atomic E-state index is 0.0142. The summed E-state index contributed by atoms with van der Waals surface area (Å²) >= 11 is 3.40. The number of carbonyl (C=O) groups excluding carboxylic acids is 1. The van der Waals surface area contributed by atoms with E-state index >= 15 is 0 Å². The summed E-state index contributed by atoms with van der Waals surface area (Å²) in [6.45, 7) is 0.766. The summed E-state index contributed by atoms with van der Waals surface area (Å²) in [5, 5.41) is 22.7. The molecule has 2 heterocycles. The zero-order valence-corrected chi connectivity index (χ0v) is 14.3. The molecule has 124 valence electrons. The lowest BCUT2D eigenvalue weighted by atomic mass is 9.97. The van der Waals surface area contributed by atoms with E-state index in [-0.39, 0.29) is 31.4 Å². The molecule has 0 spiro atoms. The van der Waals surface area contributed by atoms with Gasteiger partial charge in [-0.25, -0.2) is 4.98 Å². The number of imidazole rings is 1. The van der Waals surface area contributed by atoms with Crippen molar-refractivity contribution in [3.63, 3.8) is 0 Å². The molecule has 2 aromatic rings. The second-order valence-corrected chi connectivity index (χ2v) is 6.83. The van der Waals surface area contributed by atoms with Gasteiger partial charge in [0.1, 0.15) is 12.4 Å². The maximum Gasteiger partial charge on any atom is 0.154 e. The van der Waals surface area contributed by atoms with Crippen LogP contribution in [-0.4, -0.2) is 44.2 Å². The van der Waals surface area contributed by atoms with Gasteiger partial charge < -0.3 is 20.1 Å². The third-order valence-corrected chi connectivity index (χ3v) is 4.75. The predicted molar refractivity (Wildman–Crippen MR) is 90.0 cm³/mol. The highest BCUT2D eigenvalue weighted by atomic mass is 79.9. The maximum atomic E-state index is 12.4. The number of ketones is 1. The Morgan fingerprint density at radius 3 is 3.04 bits per heavy atom. The monoisotopic (exact) mass is 381 g/mol. The quantitative estimate of drug-likeness (QED) is 0.727. The van der Waals surface area contributed by atoms with E-state index in [1.165, 1.54) is 0 Å². The maximum absolute atomic E-state index is 12.4. The van der Waals surface area contributed by atoms with Crippen LogP contribution in [0.3, 0.4) is 0 Å². The van der Waals surface area contributed by atoms with E-state index < -0.39 is 6.10 Å². The number of hydrogen-bond donors (Lipinski definition) is 3. The van der Waals surface area contributed by atoms with E-state index in [1.807, 2.05) is 18.2 Å². The molecule has 1 fully saturated rings. The first kappa shape index (κ1) is 16.6. The van der Waals surface area contributed by atoms with Crippen LogP contribution in [0.25, 0.3) is 11.0 Å². The number of Topliss-reactive ketones (excluding diaryl/α,β-unsaturated/α-hetero) is 1. The molecule has 23 heavy (non-hydrogen) atoms. The number of carbonyl (C=O) groups is 1. The number of nitrogens with one attached hydrogen (secondary N) is 1. The van der Waals surface area contributed by atoms with Crippen LogP contribution in [0.2, 0.25) is 0 Å². The number of piperidine rings is 1. The minimum Gasteiger partial charge on any atom is -0.391 e. The third-order valence-electron chi connectivity index (χ3n) is 4.26. The number of benzene rings is 1. The Kier molecular flexibility index (Phi) is 5.11. The standard InChI is InChI=1S/C16H20BrN3O3/c17-10-3-4-14-12(6-10)19-16(9-21)20(14)8-11(22)7-13-15(23)2-1-5-18-13/h3-4,6,13,15,18,21,23H,1-2,5,7-9H2/t13-,15+/m1/s1. The normalized spacial score (nSPS) is 21.7. The lowest BCUT2D eigenvalue weighted by molar-refractivity contribution is -0.121. The predicted octanol–water partition coefficient (Wildman–Crippen LogP) is 1.36. The lowest BCUT2D eigenvalue weighted by Gasteiger charge is -2.28. The van der Waals surface area contributed by atoms with Gasteiger partial charge in [0.15, 0.2) is 5.78 Å². The topological polar surface area (TPSA) is 87.4 Å². The smallest absolute Gasteiger partial charge is 0.154 e. The lowest BCUT2D eigenvalue weighted by Crippen LogP contribution is -2.46. The average Bonchev–Trinajstić information content (AvgIpc) is 2.86. The van der Waals surface area contributed by atoms with Crippen LogP contribution in [0.1, 0.15) is 25.1 Å². The van der Waals surface area contributed by atoms with Gasteiger partial charge in [-0.2, -0.15) is 0 Å². The summed E-state index contributed by atoms with van der Waals surface area (Å²) in [4.78, 5) is 16.8. The number of hydrogen-bond acceptors (Lipinski definition) is 5. The van der Waals surface area contributed by atoms with Gasteiger partial charge in [-0.3, -0.25) is 4.79 Å². The van der Waals surface area contributed by atoms with Crippen LogP contribution < -0.4 is 5.32 Å². The van der Waals surface area contributed by atoms with E-state index in [0.29, 0.717) is 5.82 Å². The average molecular weight is 382 g/mol. The van der Waals surface area contributed by atoms with Crippen molar-refractivity contribution in [2.75, 3.05) is 6.54 Å². The molecular weight excluding hydrogens is 362 g/mol. The van der Waals surface area contributed by atoms with Crippen molar-refractivity contribution < 1.29 is 15.0 Å². The van der Waals surface area contributed by atoms with Gasteiger partial charge in [-0.15, -0.1) is 0 Å². The highest BCUT2D eigenvalue weighted by molar-refractivity contribution is 9.10. The van der Waals surface area contributed by atoms with Crippen molar-refractivity contribution in [1.82, 2.24) is 14.9 Å². The molecule has 7 heteroatoms. The molecule has 0 radical (unpaired) electrons. The molecule has 0 unspecified atom stereocenters. The summed E-state index contributed by atoms with van der Waals surface area (Å²) in [6, 6.07) is 5.45. The van der Waals surface area contributed by atoms with E-state index in [0.717, 1.165) is 34.9 Å². The van der Waals surface area contributed by atoms with Crippen molar-refractivity contribution in [3.05, 3.63) is 28.5 Å². The SMILES string of the molecule is O=C(C[C@H]1NCCC[C@@H]1O)Cn1c(CO)nc2cc(Br)ccc21. The zero-order valence-electron chi connectivity index (χ0n) is 12.7. The number of rotatable bonds is 5. The number of aromatic nitrogens is 2. The zero-order chi connectivity index (χ0) is 16.4. The molecule has 1 aromatic carbocycles. The molecule has 0 aliphatic carbocycles. The molecule has 0 amide bonds. The highest BCUT2D eigenvalue weighted by Gasteiger charge is 2.25. The highest BCUT2D eigenvalue weighted by Crippen LogP contribution is 2.22. The Bertz CT molecular complexity index is 716. The Hall–Kier alpha value is -1.28. The number of aliphatic hydroxyl groups excluding tert-OH is 2. The van der Waals surface area contributed by atoms with Gasteiger partial charge in [0.05, 0.1) is 23.7 Å². The summed E-state index contributed by atoms with van der Waals surface area (Å²) < 4.78 is 2.65. The van der Waals surface area contributed by atoms with Crippen molar-refractivity contribution in [2.45, 2.75) is 44.6 Å². The van der Waals surface area contributed by atoms with E-state index in [1.54, 1.807) is 4.57 Å². The molecule has 3 N–H and O–H groups in total. The molecular formula is C16H20BrN3O3. The van der Waals surface area contributed by atoms with Crippen LogP contribution in [0, 0.1) is 0 Å². The molecule has 1 aromatic heterocycles. The first-order chi connectivity index (χ1) is 11.1. The summed E-state index contributed by atoms with van der Waals surface area (Å²) in [5.41, 5.74) is 1.56. The first-order valence-electron chi connectivity index (χ1n) is 7.77. The van der Waals surface area contributed by atoms with Crippen molar-refractivity contribution in [1.29, 1.82) is 0 Å². The van der Waals surface area contributed by atoms with Crippen LogP contribution in [-0.2, 0) is 17.9 Å². The molecule has 0 bridgehead atoms. The van der Waals surface area contributed by atoms with Crippen LogP contribution in [0.4, 0.5) is 0 Å². The third kappa shape index (κ3) is 3.63. The van der Waals surface area contributed by atoms with Gasteiger partial charge in [0.25, 0.3) is 0 Å².